The van der Waals surface area contributed by atoms with E-state index in [1.807, 2.05) is 6.08 Å². The summed E-state index contributed by atoms with van der Waals surface area (Å²) in [5.41, 5.74) is 0. The highest BCUT2D eigenvalue weighted by molar-refractivity contribution is 5.76. The van der Waals surface area contributed by atoms with Crippen molar-refractivity contribution in [2.24, 2.45) is 0 Å². The number of carbonyl (C=O) groups is 1. The third-order valence-corrected chi connectivity index (χ3v) is 17.7. The van der Waals surface area contributed by atoms with Crippen molar-refractivity contribution in [2.45, 2.75) is 349 Å². The Morgan fingerprint density at radius 2 is 0.742 bits per heavy atom. The molecule has 0 bridgehead atoms. The minimum atomic E-state index is -1.98. The molecule has 1 amide bonds. The van der Waals surface area contributed by atoms with Crippen molar-refractivity contribution in [1.82, 2.24) is 5.32 Å². The van der Waals surface area contributed by atoms with E-state index in [-0.39, 0.29) is 18.9 Å². The maximum absolute atomic E-state index is 13.3. The molecule has 17 unspecified atom stereocenters. The lowest BCUT2D eigenvalue weighted by Crippen LogP contribution is -2.66. The second kappa shape index (κ2) is 54.9. The molecule has 3 heterocycles. The van der Waals surface area contributed by atoms with Crippen LogP contribution in [0.5, 0.6) is 0 Å². The van der Waals surface area contributed by atoms with Crippen LogP contribution in [0.2, 0.25) is 0 Å². The first-order chi connectivity index (χ1) is 45.3. The molecule has 0 radical (unpaired) electrons. The minimum Gasteiger partial charge on any atom is -0.394 e. The Morgan fingerprint density at radius 1 is 0.398 bits per heavy atom. The minimum absolute atomic E-state index is 0.243. The summed E-state index contributed by atoms with van der Waals surface area (Å²) in [6.45, 7) is 1.54. The van der Waals surface area contributed by atoms with E-state index in [2.05, 4.69) is 92.1 Å². The molecular weight excluding hydrogens is 1190 g/mol. The zero-order valence-corrected chi connectivity index (χ0v) is 57.0. The Bertz CT molecular complexity index is 2010. The molecule has 12 N–H and O–H groups in total. The van der Waals surface area contributed by atoms with Gasteiger partial charge in [0, 0.05) is 6.42 Å². The Kier molecular flexibility index (Phi) is 49.7. The number of allylic oxidation sites excluding steroid dienone is 13. The van der Waals surface area contributed by atoms with Crippen molar-refractivity contribution in [3.05, 3.63) is 85.1 Å². The average molecular weight is 1320 g/mol. The largest absolute Gasteiger partial charge is 0.394 e. The molecular formula is C74H129NO18. The molecule has 538 valence electrons. The van der Waals surface area contributed by atoms with Gasteiger partial charge in [-0.2, -0.15) is 0 Å². The van der Waals surface area contributed by atoms with Gasteiger partial charge in [-0.25, -0.2) is 0 Å². The van der Waals surface area contributed by atoms with E-state index in [0.29, 0.717) is 6.42 Å². The lowest BCUT2D eigenvalue weighted by molar-refractivity contribution is -0.379. The molecule has 0 spiro atoms. The van der Waals surface area contributed by atoms with Crippen molar-refractivity contribution in [3.8, 4) is 0 Å². The number of ether oxygens (including phenoxy) is 6. The van der Waals surface area contributed by atoms with E-state index in [1.165, 1.54) is 122 Å². The molecule has 3 fully saturated rings. The fraction of sp³-hybridized carbons (Fsp3) is 0.797. The molecule has 3 saturated heterocycles. The van der Waals surface area contributed by atoms with Gasteiger partial charge < -0.3 is 89.9 Å². The predicted octanol–water partition coefficient (Wildman–Crippen LogP) is 10.3. The van der Waals surface area contributed by atoms with Crippen LogP contribution in [0, 0.1) is 0 Å². The lowest BCUT2D eigenvalue weighted by atomic mass is 9.96. The zero-order chi connectivity index (χ0) is 67.5. The summed E-state index contributed by atoms with van der Waals surface area (Å²) in [6, 6.07) is -0.971. The van der Waals surface area contributed by atoms with Crippen LogP contribution in [0.3, 0.4) is 0 Å². The lowest BCUT2D eigenvalue weighted by Gasteiger charge is -2.48. The van der Waals surface area contributed by atoms with Crippen molar-refractivity contribution >= 4 is 5.91 Å². The molecule has 19 nitrogen and oxygen atoms in total. The van der Waals surface area contributed by atoms with Gasteiger partial charge in [-0.05, 0) is 70.6 Å². The summed E-state index contributed by atoms with van der Waals surface area (Å²) < 4.78 is 34.2. The Labute approximate surface area is 559 Å². The summed E-state index contributed by atoms with van der Waals surface area (Å²) in [5, 5.41) is 120. The second-order valence-electron chi connectivity index (χ2n) is 25.7. The summed E-state index contributed by atoms with van der Waals surface area (Å²) in [5.74, 6) is -0.279. The average Bonchev–Trinajstić information content (AvgIpc) is 0.798. The second-order valence-corrected chi connectivity index (χ2v) is 25.7. The van der Waals surface area contributed by atoms with Crippen LogP contribution in [0.1, 0.15) is 245 Å². The first-order valence-electron chi connectivity index (χ1n) is 36.3. The van der Waals surface area contributed by atoms with Crippen LogP contribution in [-0.4, -0.2) is 193 Å². The number of rotatable bonds is 55. The van der Waals surface area contributed by atoms with Gasteiger partial charge >= 0.3 is 0 Å². The van der Waals surface area contributed by atoms with Crippen molar-refractivity contribution < 1.29 is 89.4 Å². The molecule has 17 atom stereocenters. The van der Waals surface area contributed by atoms with E-state index in [1.54, 1.807) is 6.08 Å². The standard InChI is InChI=1S/C74H129NO18/c1-3-5-7-9-11-12-13-14-15-16-17-18-19-20-21-22-23-24-25-26-27-28-29-30-31-32-33-34-35-36-37-38-39-40-41-42-43-44-46-48-50-52-62(80)75-57(58(79)51-49-47-45-10-8-6-4-2)56-88-72-68(86)65(83)70(60(54-77)90-72)93-74-69(87)66(84)71(61(55-78)91-74)92-73-67(85)64(82)63(81)59(53-76)89-73/h5,7,11-12,14-15,17-18,20-21,23-24,49,51,57-61,63-74,76-79,81-87H,3-4,6,8-10,13,16,19,22,25-48,50,52-56H2,1-2H3,(H,75,80)/b7-5-,12-11-,15-14-,18-17-,21-20-,24-23-,51-49+. The summed E-state index contributed by atoms with van der Waals surface area (Å²) >= 11 is 0. The van der Waals surface area contributed by atoms with Gasteiger partial charge in [0.2, 0.25) is 5.91 Å². The van der Waals surface area contributed by atoms with Gasteiger partial charge in [0.1, 0.15) is 73.2 Å². The van der Waals surface area contributed by atoms with Gasteiger partial charge in [-0.3, -0.25) is 4.79 Å². The first kappa shape index (κ1) is 84.2. The highest BCUT2D eigenvalue weighted by atomic mass is 16.8. The first-order valence-corrected chi connectivity index (χ1v) is 36.3. The van der Waals surface area contributed by atoms with E-state index < -0.39 is 124 Å². The topological polar surface area (TPSA) is 307 Å². The SMILES string of the molecule is CC/C=C\C/C=C\C/C=C\C/C=C\C/C=C\C/C=C\CCCCCCCCCCCCCCCCCCCCCCCCC(=O)NC(COC1OC(CO)C(OC2OC(CO)C(OC3OC(CO)C(O)C(O)C3O)C(O)C2O)C(O)C1O)C(O)/C=C/CCCCCCC. The molecule has 93 heavy (non-hydrogen) atoms. The van der Waals surface area contributed by atoms with Gasteiger partial charge in [0.05, 0.1) is 38.6 Å². The van der Waals surface area contributed by atoms with Gasteiger partial charge in [0.15, 0.2) is 18.9 Å². The normalized spacial score (nSPS) is 28.0. The molecule has 0 aliphatic carbocycles. The van der Waals surface area contributed by atoms with Crippen molar-refractivity contribution in [2.75, 3.05) is 26.4 Å². The van der Waals surface area contributed by atoms with Crippen LogP contribution >= 0.6 is 0 Å². The Balaban J connectivity index is 1.23. The van der Waals surface area contributed by atoms with E-state index in [0.717, 1.165) is 96.3 Å². The third-order valence-electron chi connectivity index (χ3n) is 17.7. The van der Waals surface area contributed by atoms with Crippen LogP contribution in [-0.2, 0) is 33.2 Å². The van der Waals surface area contributed by atoms with Gasteiger partial charge in [-0.15, -0.1) is 0 Å². The highest BCUT2D eigenvalue weighted by Gasteiger charge is 2.53. The number of unbranched alkanes of at least 4 members (excludes halogenated alkanes) is 27. The van der Waals surface area contributed by atoms with Crippen molar-refractivity contribution in [3.63, 3.8) is 0 Å². The zero-order valence-electron chi connectivity index (χ0n) is 57.0. The quantitative estimate of drug-likeness (QED) is 0.0199. The molecule has 0 saturated carbocycles. The van der Waals surface area contributed by atoms with Gasteiger partial charge in [-0.1, -0.05) is 253 Å². The Morgan fingerprint density at radius 3 is 1.16 bits per heavy atom. The van der Waals surface area contributed by atoms with Gasteiger partial charge in [0.25, 0.3) is 0 Å². The molecule has 0 aromatic carbocycles. The van der Waals surface area contributed by atoms with Crippen LogP contribution < -0.4 is 5.32 Å². The predicted molar refractivity (Wildman–Crippen MR) is 364 cm³/mol. The maximum atomic E-state index is 13.3. The van der Waals surface area contributed by atoms with E-state index in [4.69, 9.17) is 28.4 Å². The molecule has 3 aliphatic heterocycles. The summed E-state index contributed by atoms with van der Waals surface area (Å²) in [7, 11) is 0. The summed E-state index contributed by atoms with van der Waals surface area (Å²) in [4.78, 5) is 13.3. The van der Waals surface area contributed by atoms with Crippen LogP contribution in [0.15, 0.2) is 85.1 Å². The van der Waals surface area contributed by atoms with Crippen molar-refractivity contribution in [1.29, 1.82) is 0 Å². The molecule has 3 aliphatic rings. The van der Waals surface area contributed by atoms with Crippen LogP contribution in [0.4, 0.5) is 0 Å². The number of nitrogens with one attached hydrogen (secondary N) is 1. The number of aliphatic hydroxyl groups excluding tert-OH is 11. The molecule has 0 aromatic rings. The van der Waals surface area contributed by atoms with Crippen LogP contribution in [0.25, 0.3) is 0 Å². The Hall–Kier alpha value is -3.03. The highest BCUT2D eigenvalue weighted by Crippen LogP contribution is 2.33. The molecule has 19 heteroatoms. The molecule has 3 rings (SSSR count). The number of hydrogen-bond donors (Lipinski definition) is 12. The number of hydrogen-bond acceptors (Lipinski definition) is 18. The summed E-state index contributed by atoms with van der Waals surface area (Å²) in [6.07, 6.45) is 45.1. The van der Waals surface area contributed by atoms with E-state index >= 15 is 0 Å². The molecule has 0 aromatic heterocycles. The number of amides is 1. The maximum Gasteiger partial charge on any atom is 0.220 e. The fourth-order valence-electron chi connectivity index (χ4n) is 11.8. The van der Waals surface area contributed by atoms with E-state index in [9.17, 15) is 61.0 Å². The number of carbonyl (C=O) groups excluding carboxylic acids is 1. The third kappa shape index (κ3) is 36.4. The monoisotopic (exact) mass is 1320 g/mol. The fourth-order valence-corrected chi connectivity index (χ4v) is 11.8. The number of aliphatic hydroxyl groups is 11. The smallest absolute Gasteiger partial charge is 0.220 e.